The van der Waals surface area contributed by atoms with Gasteiger partial charge in [0, 0.05) is 13.7 Å². The number of carbonyl (C=O) groups is 1. The van der Waals surface area contributed by atoms with Crippen LogP contribution in [0.15, 0.2) is 47.5 Å². The number of ether oxygens (including phenoxy) is 2. The lowest BCUT2D eigenvalue weighted by molar-refractivity contribution is -0.120. The molecule has 3 aromatic rings. The lowest BCUT2D eigenvalue weighted by Crippen LogP contribution is -2.21. The number of carbonyl (C=O) groups excluding carboxylic acids is 1. The van der Waals surface area contributed by atoms with E-state index >= 15 is 0 Å². The molecule has 8 heteroatoms. The van der Waals surface area contributed by atoms with E-state index in [1.165, 1.54) is 42.7 Å². The molecule has 0 atom stereocenters. The van der Waals surface area contributed by atoms with E-state index in [4.69, 9.17) is 9.47 Å². The maximum Gasteiger partial charge on any atom is 0.286 e. The van der Waals surface area contributed by atoms with Gasteiger partial charge in [0.25, 0.3) is 5.91 Å². The quantitative estimate of drug-likeness (QED) is 0.662. The first-order valence-electron chi connectivity index (χ1n) is 7.82. The monoisotopic (exact) mass is 378 g/mol. The number of nitrogens with zero attached hydrogens (tertiary/aromatic N) is 2. The van der Waals surface area contributed by atoms with Crippen LogP contribution in [0.25, 0.3) is 10.2 Å². The normalized spacial score (nSPS) is 11.9. The third kappa shape index (κ3) is 3.97. The number of fused-ring (bicyclic) bond motifs is 1. The Kier molecular flexibility index (Phi) is 5.75. The molecule has 0 N–H and O–H groups in total. The van der Waals surface area contributed by atoms with E-state index in [0.29, 0.717) is 28.2 Å². The van der Waals surface area contributed by atoms with Crippen LogP contribution in [0.4, 0.5) is 8.78 Å². The van der Waals surface area contributed by atoms with Gasteiger partial charge in [-0.05, 0) is 24.3 Å². The molecule has 2 aromatic carbocycles. The maximum atomic E-state index is 14.2. The fraction of sp³-hybridized carbons (Fsp3) is 0.222. The van der Waals surface area contributed by atoms with Crippen LogP contribution in [-0.4, -0.2) is 30.8 Å². The maximum absolute atomic E-state index is 14.2. The topological polar surface area (TPSA) is 52.8 Å². The van der Waals surface area contributed by atoms with Gasteiger partial charge in [-0.2, -0.15) is 4.99 Å². The molecule has 0 spiro atoms. The van der Waals surface area contributed by atoms with Crippen LogP contribution in [0.5, 0.6) is 5.75 Å². The van der Waals surface area contributed by atoms with Crippen molar-refractivity contribution in [3.05, 3.63) is 58.9 Å². The standard InChI is InChI=1S/C18H16F2N2O3S/c1-24-10-9-22-17-13(20)6-4-8-15(17)26-18(22)21-16(23)11-25-14-7-3-2-5-12(14)19/h2-8H,9-11H2,1H3. The van der Waals surface area contributed by atoms with Crippen LogP contribution >= 0.6 is 11.3 Å². The van der Waals surface area contributed by atoms with Crippen molar-refractivity contribution in [2.24, 2.45) is 4.99 Å². The molecule has 5 nitrogen and oxygen atoms in total. The van der Waals surface area contributed by atoms with E-state index in [2.05, 4.69) is 4.99 Å². The summed E-state index contributed by atoms with van der Waals surface area (Å²) >= 11 is 1.19. The van der Waals surface area contributed by atoms with Crippen LogP contribution < -0.4 is 9.54 Å². The highest BCUT2D eigenvalue weighted by Gasteiger charge is 2.12. The number of hydrogen-bond donors (Lipinski definition) is 0. The highest BCUT2D eigenvalue weighted by atomic mass is 32.1. The van der Waals surface area contributed by atoms with Gasteiger partial charge in [0.05, 0.1) is 16.8 Å². The van der Waals surface area contributed by atoms with Gasteiger partial charge in [-0.15, -0.1) is 0 Å². The van der Waals surface area contributed by atoms with Gasteiger partial charge in [-0.25, -0.2) is 8.78 Å². The summed E-state index contributed by atoms with van der Waals surface area (Å²) in [6.45, 7) is 0.271. The summed E-state index contributed by atoms with van der Waals surface area (Å²) in [6, 6.07) is 10.5. The van der Waals surface area contributed by atoms with Crippen molar-refractivity contribution in [3.8, 4) is 5.75 Å². The minimum atomic E-state index is -0.591. The average Bonchev–Trinajstić information content (AvgIpc) is 2.97. The molecule has 1 aromatic heterocycles. The largest absolute Gasteiger partial charge is 0.481 e. The van der Waals surface area contributed by atoms with E-state index in [9.17, 15) is 13.6 Å². The third-order valence-electron chi connectivity index (χ3n) is 3.58. The molecule has 0 aliphatic heterocycles. The Morgan fingerprint density at radius 2 is 1.92 bits per heavy atom. The van der Waals surface area contributed by atoms with Crippen molar-refractivity contribution in [1.82, 2.24) is 4.57 Å². The molecule has 0 bridgehead atoms. The Morgan fingerprint density at radius 1 is 1.15 bits per heavy atom. The molecule has 0 saturated heterocycles. The first kappa shape index (κ1) is 18.2. The minimum Gasteiger partial charge on any atom is -0.481 e. The number of thiazole rings is 1. The summed E-state index contributed by atoms with van der Waals surface area (Å²) in [7, 11) is 1.54. The van der Waals surface area contributed by atoms with Crippen molar-refractivity contribution in [2.45, 2.75) is 6.54 Å². The number of hydrogen-bond acceptors (Lipinski definition) is 4. The molecule has 1 amide bonds. The summed E-state index contributed by atoms with van der Waals surface area (Å²) in [5.74, 6) is -1.57. The Hall–Kier alpha value is -2.58. The van der Waals surface area contributed by atoms with E-state index in [1.807, 2.05) is 0 Å². The van der Waals surface area contributed by atoms with Crippen LogP contribution in [0.3, 0.4) is 0 Å². The number of amides is 1. The second-order valence-electron chi connectivity index (χ2n) is 5.34. The first-order chi connectivity index (χ1) is 12.6. The molecule has 0 fully saturated rings. The van der Waals surface area contributed by atoms with Crippen molar-refractivity contribution in [2.75, 3.05) is 20.3 Å². The molecule has 0 radical (unpaired) electrons. The second-order valence-corrected chi connectivity index (χ2v) is 6.35. The third-order valence-corrected chi connectivity index (χ3v) is 4.62. The summed E-state index contributed by atoms with van der Waals surface area (Å²) in [4.78, 5) is 16.5. The van der Waals surface area contributed by atoms with Crippen molar-refractivity contribution < 1.29 is 23.0 Å². The van der Waals surface area contributed by atoms with Crippen LogP contribution in [0.2, 0.25) is 0 Å². The molecular weight excluding hydrogens is 362 g/mol. The second kappa shape index (κ2) is 8.20. The van der Waals surface area contributed by atoms with Crippen molar-refractivity contribution in [1.29, 1.82) is 0 Å². The fourth-order valence-corrected chi connectivity index (χ4v) is 3.49. The zero-order chi connectivity index (χ0) is 18.5. The molecular formula is C18H16F2N2O3S. The molecule has 136 valence electrons. The number of methoxy groups -OCH3 is 1. The average molecular weight is 378 g/mol. The Morgan fingerprint density at radius 3 is 2.69 bits per heavy atom. The highest BCUT2D eigenvalue weighted by molar-refractivity contribution is 7.16. The van der Waals surface area contributed by atoms with Gasteiger partial charge in [0.15, 0.2) is 23.0 Å². The van der Waals surface area contributed by atoms with E-state index in [0.717, 1.165) is 0 Å². The van der Waals surface area contributed by atoms with E-state index in [-0.39, 0.29) is 5.75 Å². The van der Waals surface area contributed by atoms with Gasteiger partial charge in [0.1, 0.15) is 5.82 Å². The SMILES string of the molecule is COCCn1c(=NC(=O)COc2ccccc2F)sc2cccc(F)c21. The summed E-state index contributed by atoms with van der Waals surface area (Å²) < 4.78 is 40.2. The van der Waals surface area contributed by atoms with Gasteiger partial charge >= 0.3 is 0 Å². The Labute approximate surface area is 152 Å². The Bertz CT molecular complexity index is 998. The molecule has 0 saturated carbocycles. The van der Waals surface area contributed by atoms with Gasteiger partial charge < -0.3 is 14.0 Å². The number of aromatic nitrogens is 1. The predicted octanol–water partition coefficient (Wildman–Crippen LogP) is 3.13. The van der Waals surface area contributed by atoms with Gasteiger partial charge in [-0.3, -0.25) is 4.79 Å². The van der Waals surface area contributed by atoms with Crippen LogP contribution in [0.1, 0.15) is 0 Å². The predicted molar refractivity (Wildman–Crippen MR) is 94.1 cm³/mol. The van der Waals surface area contributed by atoms with Crippen LogP contribution in [-0.2, 0) is 16.1 Å². The minimum absolute atomic E-state index is 0.0225. The van der Waals surface area contributed by atoms with Gasteiger partial charge in [0.2, 0.25) is 0 Å². The summed E-state index contributed by atoms with van der Waals surface area (Å²) in [5.41, 5.74) is 0.371. The lowest BCUT2D eigenvalue weighted by atomic mass is 10.3. The molecule has 3 rings (SSSR count). The fourth-order valence-electron chi connectivity index (χ4n) is 2.40. The van der Waals surface area contributed by atoms with E-state index in [1.54, 1.807) is 22.8 Å². The number of rotatable bonds is 6. The lowest BCUT2D eigenvalue weighted by Gasteiger charge is -2.05. The molecule has 0 aliphatic carbocycles. The number of para-hydroxylation sites is 2. The number of benzene rings is 2. The summed E-state index contributed by atoms with van der Waals surface area (Å²) in [6.07, 6.45) is 0. The zero-order valence-electron chi connectivity index (χ0n) is 13.9. The zero-order valence-corrected chi connectivity index (χ0v) is 14.8. The van der Waals surface area contributed by atoms with Crippen molar-refractivity contribution in [3.63, 3.8) is 0 Å². The van der Waals surface area contributed by atoms with Crippen molar-refractivity contribution >= 4 is 27.5 Å². The smallest absolute Gasteiger partial charge is 0.286 e. The molecule has 0 unspecified atom stereocenters. The number of halogens is 2. The molecule has 26 heavy (non-hydrogen) atoms. The summed E-state index contributed by atoms with van der Waals surface area (Å²) in [5, 5.41) is 0. The van der Waals surface area contributed by atoms with Crippen LogP contribution in [0, 0.1) is 11.6 Å². The molecule has 1 heterocycles. The highest BCUT2D eigenvalue weighted by Crippen LogP contribution is 2.20. The Balaban J connectivity index is 1.89. The van der Waals surface area contributed by atoms with Gasteiger partial charge in [-0.1, -0.05) is 29.5 Å². The first-order valence-corrected chi connectivity index (χ1v) is 8.63. The van der Waals surface area contributed by atoms with E-state index < -0.39 is 24.1 Å². The molecule has 0 aliphatic rings.